The third-order valence-corrected chi connectivity index (χ3v) is 2.92. The topological polar surface area (TPSA) is 38.3 Å². The highest BCUT2D eigenvalue weighted by atomic mass is 79.9. The van der Waals surface area contributed by atoms with Gasteiger partial charge >= 0.3 is 0 Å². The van der Waals surface area contributed by atoms with Crippen LogP contribution in [0.5, 0.6) is 0 Å². The van der Waals surface area contributed by atoms with Gasteiger partial charge in [0.1, 0.15) is 6.10 Å². The number of carbonyl (C=O) groups is 1. The number of carbonyl (C=O) groups excluding carboxylic acids is 1. The highest BCUT2D eigenvalue weighted by molar-refractivity contribution is 9.10. The molecule has 88 valence electrons. The van der Waals surface area contributed by atoms with Gasteiger partial charge in [-0.3, -0.25) is 4.79 Å². The summed E-state index contributed by atoms with van der Waals surface area (Å²) in [4.78, 5) is 11.6. The molecule has 0 aliphatic carbocycles. The second-order valence-electron chi connectivity index (χ2n) is 3.66. The number of hydrogen-bond acceptors (Lipinski definition) is 2. The number of halogens is 1. The number of nitrogens with one attached hydrogen (secondary N) is 1. The Balaban J connectivity index is 2.65. The summed E-state index contributed by atoms with van der Waals surface area (Å²) in [5, 5.41) is 2.89. The molecule has 0 saturated carbocycles. The van der Waals surface area contributed by atoms with Crippen molar-refractivity contribution in [3.63, 3.8) is 0 Å². The van der Waals surface area contributed by atoms with E-state index in [1.54, 1.807) is 6.92 Å². The lowest BCUT2D eigenvalue weighted by Crippen LogP contribution is -2.35. The van der Waals surface area contributed by atoms with Crippen molar-refractivity contribution in [2.24, 2.45) is 0 Å². The van der Waals surface area contributed by atoms with Crippen LogP contribution in [-0.4, -0.2) is 19.1 Å². The fraction of sp³-hybridized carbons (Fsp3) is 0.417. The number of hydrogen-bond donors (Lipinski definition) is 1. The Bertz CT molecular complexity index is 368. The zero-order chi connectivity index (χ0) is 12.1. The van der Waals surface area contributed by atoms with E-state index in [1.807, 2.05) is 31.2 Å². The maximum atomic E-state index is 11.6. The first-order valence-electron chi connectivity index (χ1n) is 5.13. The molecular weight excluding hydrogens is 270 g/mol. The maximum Gasteiger partial charge on any atom is 0.249 e. The highest BCUT2D eigenvalue weighted by Crippen LogP contribution is 2.17. The van der Waals surface area contributed by atoms with Crippen LogP contribution in [-0.2, 0) is 9.53 Å². The second kappa shape index (κ2) is 6.01. The van der Waals surface area contributed by atoms with Crippen LogP contribution in [0.4, 0.5) is 0 Å². The Hall–Kier alpha value is -0.870. The number of rotatable bonds is 4. The zero-order valence-electron chi connectivity index (χ0n) is 9.66. The minimum Gasteiger partial charge on any atom is -0.372 e. The van der Waals surface area contributed by atoms with Crippen molar-refractivity contribution in [3.05, 3.63) is 34.3 Å². The van der Waals surface area contributed by atoms with Crippen LogP contribution in [0.25, 0.3) is 0 Å². The molecule has 0 fully saturated rings. The Morgan fingerprint density at radius 2 is 2.12 bits per heavy atom. The minimum atomic E-state index is -0.422. The molecule has 0 bridgehead atoms. The van der Waals surface area contributed by atoms with Gasteiger partial charge in [0.25, 0.3) is 0 Å². The average Bonchev–Trinajstić information content (AvgIpc) is 2.27. The van der Waals surface area contributed by atoms with E-state index in [4.69, 9.17) is 4.74 Å². The summed E-state index contributed by atoms with van der Waals surface area (Å²) < 4.78 is 5.96. The Labute approximate surface area is 104 Å². The van der Waals surface area contributed by atoms with E-state index in [1.165, 1.54) is 7.11 Å². The molecule has 2 atom stereocenters. The molecule has 0 aliphatic heterocycles. The van der Waals surface area contributed by atoms with Crippen LogP contribution >= 0.6 is 15.9 Å². The van der Waals surface area contributed by atoms with Crippen molar-refractivity contribution >= 4 is 21.8 Å². The van der Waals surface area contributed by atoms with Crippen molar-refractivity contribution in [2.45, 2.75) is 26.0 Å². The summed E-state index contributed by atoms with van der Waals surface area (Å²) >= 11 is 3.40. The van der Waals surface area contributed by atoms with E-state index in [-0.39, 0.29) is 11.9 Å². The Morgan fingerprint density at radius 1 is 1.44 bits per heavy atom. The fourth-order valence-corrected chi connectivity index (χ4v) is 1.71. The summed E-state index contributed by atoms with van der Waals surface area (Å²) in [6, 6.07) is 7.84. The van der Waals surface area contributed by atoms with Crippen molar-refractivity contribution in [2.75, 3.05) is 7.11 Å². The molecule has 1 N–H and O–H groups in total. The quantitative estimate of drug-likeness (QED) is 0.924. The normalized spacial score (nSPS) is 14.2. The lowest BCUT2D eigenvalue weighted by molar-refractivity contribution is -0.130. The summed E-state index contributed by atoms with van der Waals surface area (Å²) in [5.41, 5.74) is 1.06. The number of amides is 1. The third kappa shape index (κ3) is 3.61. The van der Waals surface area contributed by atoms with Gasteiger partial charge in [-0.15, -0.1) is 0 Å². The summed E-state index contributed by atoms with van der Waals surface area (Å²) in [5.74, 6) is -0.102. The molecule has 0 aliphatic rings. The third-order valence-electron chi connectivity index (χ3n) is 2.43. The van der Waals surface area contributed by atoms with Gasteiger partial charge in [-0.1, -0.05) is 28.1 Å². The molecule has 1 amide bonds. The van der Waals surface area contributed by atoms with Crippen LogP contribution in [0.15, 0.2) is 28.7 Å². The molecule has 0 aromatic heterocycles. The summed E-state index contributed by atoms with van der Waals surface area (Å²) in [6.07, 6.45) is -0.422. The van der Waals surface area contributed by atoms with Gasteiger partial charge in [0.2, 0.25) is 5.91 Å². The Morgan fingerprint density at radius 3 is 2.69 bits per heavy atom. The maximum absolute atomic E-state index is 11.6. The van der Waals surface area contributed by atoms with Crippen LogP contribution in [0.3, 0.4) is 0 Å². The molecule has 4 heteroatoms. The van der Waals surface area contributed by atoms with Crippen molar-refractivity contribution in [1.82, 2.24) is 5.32 Å². The van der Waals surface area contributed by atoms with E-state index in [9.17, 15) is 4.79 Å². The van der Waals surface area contributed by atoms with Gasteiger partial charge in [-0.2, -0.15) is 0 Å². The lowest BCUT2D eigenvalue weighted by atomic mass is 10.1. The van der Waals surface area contributed by atoms with E-state index in [2.05, 4.69) is 21.2 Å². The van der Waals surface area contributed by atoms with Crippen LogP contribution in [0.2, 0.25) is 0 Å². The number of ether oxygens (including phenoxy) is 1. The molecular formula is C12H16BrNO2. The van der Waals surface area contributed by atoms with Gasteiger partial charge in [0, 0.05) is 11.6 Å². The molecule has 1 aromatic carbocycles. The predicted octanol–water partition coefficient (Wildman–Crippen LogP) is 2.66. The molecule has 3 nitrogen and oxygen atoms in total. The molecule has 1 rings (SSSR count). The molecule has 0 saturated heterocycles. The van der Waals surface area contributed by atoms with Gasteiger partial charge in [0.15, 0.2) is 0 Å². The van der Waals surface area contributed by atoms with E-state index >= 15 is 0 Å². The number of benzene rings is 1. The van der Waals surface area contributed by atoms with E-state index in [0.717, 1.165) is 10.0 Å². The number of methoxy groups -OCH3 is 1. The largest absolute Gasteiger partial charge is 0.372 e. The SMILES string of the molecule is COC(C)C(=O)N[C@@H](C)c1cccc(Br)c1. The fourth-order valence-electron chi connectivity index (χ4n) is 1.30. The summed E-state index contributed by atoms with van der Waals surface area (Å²) in [6.45, 7) is 3.67. The van der Waals surface area contributed by atoms with Crippen molar-refractivity contribution in [3.8, 4) is 0 Å². The predicted molar refractivity (Wildman–Crippen MR) is 67.2 cm³/mol. The molecule has 0 heterocycles. The standard InChI is InChI=1S/C12H16BrNO2/c1-8(14-12(15)9(2)16-3)10-5-4-6-11(13)7-10/h4-9H,1-3H3,(H,14,15)/t8-,9?/m0/s1. The minimum absolute atomic E-state index is 0.0254. The molecule has 0 radical (unpaired) electrons. The monoisotopic (exact) mass is 285 g/mol. The second-order valence-corrected chi connectivity index (χ2v) is 4.58. The first-order valence-corrected chi connectivity index (χ1v) is 5.92. The van der Waals surface area contributed by atoms with Crippen LogP contribution in [0, 0.1) is 0 Å². The first-order chi connectivity index (χ1) is 7.54. The average molecular weight is 286 g/mol. The molecule has 1 unspecified atom stereocenters. The van der Waals surface area contributed by atoms with Crippen LogP contribution < -0.4 is 5.32 Å². The molecule has 16 heavy (non-hydrogen) atoms. The highest BCUT2D eigenvalue weighted by Gasteiger charge is 2.15. The zero-order valence-corrected chi connectivity index (χ0v) is 11.2. The lowest BCUT2D eigenvalue weighted by Gasteiger charge is -2.17. The van der Waals surface area contributed by atoms with Gasteiger partial charge in [0.05, 0.1) is 6.04 Å². The van der Waals surface area contributed by atoms with Gasteiger partial charge in [-0.05, 0) is 31.5 Å². The smallest absolute Gasteiger partial charge is 0.249 e. The van der Waals surface area contributed by atoms with Gasteiger partial charge < -0.3 is 10.1 Å². The van der Waals surface area contributed by atoms with Crippen molar-refractivity contribution in [1.29, 1.82) is 0 Å². The van der Waals surface area contributed by atoms with Gasteiger partial charge in [-0.25, -0.2) is 0 Å². The van der Waals surface area contributed by atoms with E-state index in [0.29, 0.717) is 0 Å². The summed E-state index contributed by atoms with van der Waals surface area (Å²) in [7, 11) is 1.52. The Kier molecular flexibility index (Phi) is 4.96. The first kappa shape index (κ1) is 13.2. The molecule has 1 aromatic rings. The van der Waals surface area contributed by atoms with Crippen LogP contribution in [0.1, 0.15) is 25.5 Å². The van der Waals surface area contributed by atoms with Crippen molar-refractivity contribution < 1.29 is 9.53 Å². The van der Waals surface area contributed by atoms with E-state index < -0.39 is 6.10 Å². The molecule has 0 spiro atoms.